The van der Waals surface area contributed by atoms with Crippen molar-refractivity contribution >= 4 is 22.5 Å². The van der Waals surface area contributed by atoms with Crippen LogP contribution in [0.5, 0.6) is 5.75 Å². The molecule has 3 aromatic rings. The summed E-state index contributed by atoms with van der Waals surface area (Å²) in [5.41, 5.74) is 5.36. The van der Waals surface area contributed by atoms with Crippen LogP contribution < -0.4 is 22.5 Å². The third kappa shape index (κ3) is 3.57. The molecule has 2 aromatic carbocycles. The van der Waals surface area contributed by atoms with Gasteiger partial charge in [0.2, 0.25) is 0 Å². The van der Waals surface area contributed by atoms with E-state index < -0.39 is 0 Å². The van der Waals surface area contributed by atoms with Crippen molar-refractivity contribution < 1.29 is 22.5 Å². The Balaban J connectivity index is 0.00000196. The van der Waals surface area contributed by atoms with Crippen molar-refractivity contribution in [3.63, 3.8) is 0 Å². The zero-order chi connectivity index (χ0) is 17.4. The molecule has 1 aliphatic carbocycles. The third-order valence-corrected chi connectivity index (χ3v) is 5.61. The van der Waals surface area contributed by atoms with E-state index in [-0.39, 0.29) is 12.4 Å². The molecule has 3 N–H and O–H groups in total. The van der Waals surface area contributed by atoms with Crippen LogP contribution in [0.4, 0.5) is 0 Å². The van der Waals surface area contributed by atoms with Crippen LogP contribution in [0.3, 0.4) is 0 Å². The number of aryl methyl sites for hydroxylation is 1. The number of ether oxygens (including phenoxy) is 1. The molecule has 138 valence electrons. The van der Waals surface area contributed by atoms with E-state index in [0.717, 1.165) is 17.2 Å². The van der Waals surface area contributed by atoms with Crippen LogP contribution in [0.2, 0.25) is 5.02 Å². The minimum absolute atomic E-state index is 0. The van der Waals surface area contributed by atoms with Gasteiger partial charge in [-0.1, -0.05) is 11.6 Å². The van der Waals surface area contributed by atoms with Crippen LogP contribution in [0, 0.1) is 0 Å². The van der Waals surface area contributed by atoms with E-state index >= 15 is 0 Å². The highest BCUT2D eigenvalue weighted by Crippen LogP contribution is 2.34. The van der Waals surface area contributed by atoms with Gasteiger partial charge in [0.05, 0.1) is 12.8 Å². The number of quaternary nitrogens is 1. The van der Waals surface area contributed by atoms with Crippen molar-refractivity contribution in [2.75, 3.05) is 7.11 Å². The molecule has 0 radical (unpaired) electrons. The first-order chi connectivity index (χ1) is 12.2. The highest BCUT2D eigenvalue weighted by molar-refractivity contribution is 6.31. The van der Waals surface area contributed by atoms with E-state index in [1.807, 2.05) is 18.2 Å². The summed E-state index contributed by atoms with van der Waals surface area (Å²) in [6.45, 7) is 2.27. The molecule has 0 unspecified atom stereocenters. The molecule has 26 heavy (non-hydrogen) atoms. The lowest BCUT2D eigenvalue weighted by atomic mass is 9.91. The van der Waals surface area contributed by atoms with Crippen LogP contribution in [0.15, 0.2) is 42.5 Å². The van der Waals surface area contributed by atoms with Crippen LogP contribution in [-0.4, -0.2) is 12.1 Å². The van der Waals surface area contributed by atoms with E-state index in [9.17, 15) is 0 Å². The number of aromatic amines is 1. The molecule has 0 saturated heterocycles. The van der Waals surface area contributed by atoms with Gasteiger partial charge in [-0.3, -0.25) is 0 Å². The number of methoxy groups -OCH3 is 1. The lowest BCUT2D eigenvalue weighted by Crippen LogP contribution is -3.00. The predicted molar refractivity (Wildman–Crippen MR) is 102 cm³/mol. The first-order valence-corrected chi connectivity index (χ1v) is 9.32. The van der Waals surface area contributed by atoms with Gasteiger partial charge in [-0.25, -0.2) is 0 Å². The molecular formula is C21H24Cl2N2O. The predicted octanol–water partition coefficient (Wildman–Crippen LogP) is 1.54. The van der Waals surface area contributed by atoms with Crippen molar-refractivity contribution in [3.05, 3.63) is 64.3 Å². The summed E-state index contributed by atoms with van der Waals surface area (Å²) in [4.78, 5) is 3.66. The number of nitrogens with two attached hydrogens (primary N) is 1. The smallest absolute Gasteiger partial charge is 0.127 e. The first kappa shape index (κ1) is 19.1. The number of rotatable bonds is 4. The van der Waals surface area contributed by atoms with Crippen molar-refractivity contribution in [1.29, 1.82) is 0 Å². The lowest BCUT2D eigenvalue weighted by molar-refractivity contribution is -0.733. The minimum Gasteiger partial charge on any atom is -1.00 e. The monoisotopic (exact) mass is 390 g/mol. The van der Waals surface area contributed by atoms with Gasteiger partial charge in [0.1, 0.15) is 17.8 Å². The number of hydrogen-bond donors (Lipinski definition) is 2. The maximum Gasteiger partial charge on any atom is 0.127 e. The Hall–Kier alpha value is -1.68. The Morgan fingerprint density at radius 1 is 1.19 bits per heavy atom. The maximum atomic E-state index is 6.21. The van der Waals surface area contributed by atoms with E-state index in [2.05, 4.69) is 41.5 Å². The number of halogens is 2. The van der Waals surface area contributed by atoms with Crippen LogP contribution in [-0.2, 0) is 6.42 Å². The average molecular weight is 391 g/mol. The molecule has 1 heterocycles. The standard InChI is InChI=1S/C21H23ClN2O.ClH/c1-13(14-6-9-16(25-2)10-7-14)23-20-5-3-4-17-18-12-15(22)8-11-19(18)24-21(17)20;/h6-13,20,23-24H,3-5H2,1-2H3;1H/t13-,20-;/m1./s1. The van der Waals surface area contributed by atoms with Gasteiger partial charge in [0, 0.05) is 27.9 Å². The van der Waals surface area contributed by atoms with E-state index in [4.69, 9.17) is 16.3 Å². The van der Waals surface area contributed by atoms with Gasteiger partial charge in [-0.05, 0) is 67.8 Å². The Morgan fingerprint density at radius 3 is 2.69 bits per heavy atom. The van der Waals surface area contributed by atoms with Gasteiger partial charge < -0.3 is 27.4 Å². The molecule has 0 aliphatic heterocycles. The molecule has 1 aliphatic rings. The highest BCUT2D eigenvalue weighted by atomic mass is 35.5. The average Bonchev–Trinajstić information content (AvgIpc) is 3.01. The summed E-state index contributed by atoms with van der Waals surface area (Å²) in [6, 6.07) is 15.4. The number of hydrogen-bond acceptors (Lipinski definition) is 1. The van der Waals surface area contributed by atoms with Crippen LogP contribution >= 0.6 is 11.6 Å². The summed E-state index contributed by atoms with van der Waals surface area (Å²) in [5, 5.41) is 4.58. The van der Waals surface area contributed by atoms with Gasteiger partial charge in [0.25, 0.3) is 0 Å². The molecule has 5 heteroatoms. The molecule has 0 spiro atoms. The highest BCUT2D eigenvalue weighted by Gasteiger charge is 2.28. The molecule has 0 amide bonds. The molecule has 2 atom stereocenters. The van der Waals surface area contributed by atoms with Gasteiger partial charge in [-0.2, -0.15) is 0 Å². The summed E-state index contributed by atoms with van der Waals surface area (Å²) in [5.74, 6) is 0.906. The Morgan fingerprint density at radius 2 is 1.96 bits per heavy atom. The summed E-state index contributed by atoms with van der Waals surface area (Å²) in [7, 11) is 1.70. The fraction of sp³-hybridized carbons (Fsp3) is 0.333. The Labute approximate surface area is 165 Å². The second-order valence-electron chi connectivity index (χ2n) is 6.96. The molecule has 0 bridgehead atoms. The number of aromatic nitrogens is 1. The fourth-order valence-electron chi connectivity index (χ4n) is 4.03. The van der Waals surface area contributed by atoms with Gasteiger partial charge in [-0.15, -0.1) is 0 Å². The topological polar surface area (TPSA) is 41.6 Å². The summed E-state index contributed by atoms with van der Waals surface area (Å²) < 4.78 is 5.26. The van der Waals surface area contributed by atoms with Crippen molar-refractivity contribution in [3.8, 4) is 5.75 Å². The molecule has 0 fully saturated rings. The molecule has 4 rings (SSSR count). The van der Waals surface area contributed by atoms with Crippen LogP contribution in [0.1, 0.15) is 48.7 Å². The minimum atomic E-state index is 0. The van der Waals surface area contributed by atoms with Gasteiger partial charge in [0.15, 0.2) is 0 Å². The number of H-pyrrole nitrogens is 1. The van der Waals surface area contributed by atoms with E-state index in [1.165, 1.54) is 40.6 Å². The Kier molecular flexibility index (Phi) is 5.81. The zero-order valence-corrected chi connectivity index (χ0v) is 16.6. The zero-order valence-electron chi connectivity index (χ0n) is 15.1. The number of nitrogens with one attached hydrogen (secondary N) is 1. The third-order valence-electron chi connectivity index (χ3n) is 5.38. The Bertz CT molecular complexity index is 889. The molecular weight excluding hydrogens is 367 g/mol. The van der Waals surface area contributed by atoms with E-state index in [0.29, 0.717) is 12.1 Å². The van der Waals surface area contributed by atoms with Crippen LogP contribution in [0.25, 0.3) is 10.9 Å². The summed E-state index contributed by atoms with van der Waals surface area (Å²) >= 11 is 6.21. The second-order valence-corrected chi connectivity index (χ2v) is 7.40. The molecule has 3 nitrogen and oxygen atoms in total. The fourth-order valence-corrected chi connectivity index (χ4v) is 4.20. The van der Waals surface area contributed by atoms with Gasteiger partial charge >= 0.3 is 0 Å². The summed E-state index contributed by atoms with van der Waals surface area (Å²) in [6.07, 6.45) is 3.56. The molecule has 0 saturated carbocycles. The van der Waals surface area contributed by atoms with Crippen molar-refractivity contribution in [2.45, 2.75) is 38.3 Å². The number of benzene rings is 2. The first-order valence-electron chi connectivity index (χ1n) is 8.94. The maximum absolute atomic E-state index is 6.21. The lowest BCUT2D eigenvalue weighted by Gasteiger charge is -2.24. The number of fused-ring (bicyclic) bond motifs is 3. The second kappa shape index (κ2) is 7.91. The van der Waals surface area contributed by atoms with E-state index in [1.54, 1.807) is 7.11 Å². The molecule has 1 aromatic heterocycles. The SMILES string of the molecule is COc1ccc([C@@H](C)[NH2+][C@@H]2CCCc3c2[nH]c2ccc(Cl)cc32)cc1.[Cl-]. The quantitative estimate of drug-likeness (QED) is 0.696. The largest absolute Gasteiger partial charge is 1.00 e. The van der Waals surface area contributed by atoms with Crippen molar-refractivity contribution in [2.24, 2.45) is 0 Å². The van der Waals surface area contributed by atoms with Crippen molar-refractivity contribution in [1.82, 2.24) is 4.98 Å². The normalized spacial score (nSPS) is 17.4.